The Kier molecular flexibility index (Phi) is 4.46. The molecule has 1 atom stereocenters. The lowest BCUT2D eigenvalue weighted by molar-refractivity contribution is -0.119. The van der Waals surface area contributed by atoms with E-state index in [1.54, 1.807) is 0 Å². The lowest BCUT2D eigenvalue weighted by Gasteiger charge is -2.20. The minimum absolute atomic E-state index is 0.0458. The standard InChI is InChI=1S/C12H13Cl3N2O2/c1-17-4-2-3-8(17)12(19)16-10-9(15)6(13)5-7(14)11(10)18/h5,8,18H,2-4H2,1H3,(H,16,19)/t8-/m1/s1. The molecule has 19 heavy (non-hydrogen) atoms. The van der Waals surface area contributed by atoms with E-state index < -0.39 is 0 Å². The molecule has 1 aliphatic rings. The number of likely N-dealkylation sites (tertiary alicyclic amines) is 1. The number of nitrogens with one attached hydrogen (secondary N) is 1. The van der Waals surface area contributed by atoms with E-state index >= 15 is 0 Å². The van der Waals surface area contributed by atoms with Crippen LogP contribution in [0.3, 0.4) is 0 Å². The average Bonchev–Trinajstić information content (AvgIpc) is 2.78. The summed E-state index contributed by atoms with van der Waals surface area (Å²) in [5, 5.41) is 12.8. The monoisotopic (exact) mass is 322 g/mol. The van der Waals surface area contributed by atoms with E-state index in [1.807, 2.05) is 11.9 Å². The fourth-order valence-corrected chi connectivity index (χ4v) is 2.80. The highest BCUT2D eigenvalue weighted by molar-refractivity contribution is 6.46. The first-order valence-corrected chi connectivity index (χ1v) is 6.92. The molecule has 0 bridgehead atoms. The fourth-order valence-electron chi connectivity index (χ4n) is 2.15. The predicted molar refractivity (Wildman–Crippen MR) is 77.4 cm³/mol. The molecule has 7 heteroatoms. The van der Waals surface area contributed by atoms with Crippen LogP contribution in [-0.4, -0.2) is 35.5 Å². The summed E-state index contributed by atoms with van der Waals surface area (Å²) in [5.41, 5.74) is 0.0597. The second kappa shape index (κ2) is 5.75. The molecule has 0 aliphatic carbocycles. The Labute approximate surface area is 126 Å². The smallest absolute Gasteiger partial charge is 0.241 e. The van der Waals surface area contributed by atoms with Gasteiger partial charge in [0.05, 0.1) is 21.1 Å². The van der Waals surface area contributed by atoms with Crippen LogP contribution < -0.4 is 5.32 Å². The van der Waals surface area contributed by atoms with Crippen LogP contribution >= 0.6 is 34.8 Å². The predicted octanol–water partition coefficient (Wildman–Crippen LogP) is 3.39. The number of hydrogen-bond donors (Lipinski definition) is 2. The first kappa shape index (κ1) is 14.7. The van der Waals surface area contributed by atoms with E-state index in [2.05, 4.69) is 5.32 Å². The number of likely N-dealkylation sites (N-methyl/N-ethyl adjacent to an activating group) is 1. The highest BCUT2D eigenvalue weighted by Gasteiger charge is 2.29. The Morgan fingerprint density at radius 2 is 2.11 bits per heavy atom. The normalized spacial score (nSPS) is 19.7. The largest absolute Gasteiger partial charge is 0.504 e. The van der Waals surface area contributed by atoms with Gasteiger partial charge in [0.15, 0.2) is 5.75 Å². The molecule has 0 spiro atoms. The van der Waals surface area contributed by atoms with Crippen LogP contribution in [0.25, 0.3) is 0 Å². The maximum atomic E-state index is 12.1. The van der Waals surface area contributed by atoms with E-state index in [0.29, 0.717) is 0 Å². The number of amides is 1. The van der Waals surface area contributed by atoms with Crippen LogP contribution in [0, 0.1) is 0 Å². The van der Waals surface area contributed by atoms with Crippen molar-refractivity contribution in [1.82, 2.24) is 4.90 Å². The van der Waals surface area contributed by atoms with Crippen molar-refractivity contribution < 1.29 is 9.90 Å². The number of nitrogens with zero attached hydrogens (tertiary/aromatic N) is 1. The molecule has 0 saturated carbocycles. The Morgan fingerprint density at radius 3 is 2.68 bits per heavy atom. The molecule has 1 heterocycles. The molecule has 1 amide bonds. The molecule has 1 fully saturated rings. The number of hydrogen-bond acceptors (Lipinski definition) is 3. The molecular weight excluding hydrogens is 311 g/mol. The van der Waals surface area contributed by atoms with Crippen molar-refractivity contribution in [3.63, 3.8) is 0 Å². The Balaban J connectivity index is 2.26. The third-order valence-electron chi connectivity index (χ3n) is 3.22. The number of rotatable bonds is 2. The summed E-state index contributed by atoms with van der Waals surface area (Å²) in [5.74, 6) is -0.499. The summed E-state index contributed by atoms with van der Waals surface area (Å²) in [6, 6.07) is 1.10. The fraction of sp³-hybridized carbons (Fsp3) is 0.417. The lowest BCUT2D eigenvalue weighted by Crippen LogP contribution is -2.37. The van der Waals surface area contributed by atoms with E-state index in [-0.39, 0.29) is 38.5 Å². The minimum Gasteiger partial charge on any atom is -0.504 e. The summed E-state index contributed by atoms with van der Waals surface area (Å²) in [6.45, 7) is 0.869. The number of carbonyl (C=O) groups is 1. The first-order valence-electron chi connectivity index (χ1n) is 5.79. The molecule has 1 aromatic carbocycles. The van der Waals surface area contributed by atoms with E-state index in [0.717, 1.165) is 19.4 Å². The number of benzene rings is 1. The molecule has 104 valence electrons. The molecule has 1 aliphatic heterocycles. The Hall–Kier alpha value is -0.680. The number of aromatic hydroxyl groups is 1. The molecule has 1 aromatic rings. The van der Waals surface area contributed by atoms with Gasteiger partial charge in [-0.3, -0.25) is 9.69 Å². The third kappa shape index (κ3) is 2.92. The average molecular weight is 324 g/mol. The summed E-state index contributed by atoms with van der Waals surface area (Å²) in [4.78, 5) is 14.1. The second-order valence-electron chi connectivity index (χ2n) is 4.51. The first-order chi connectivity index (χ1) is 8.91. The lowest BCUT2D eigenvalue weighted by atomic mass is 10.2. The third-order valence-corrected chi connectivity index (χ3v) is 4.29. The van der Waals surface area contributed by atoms with Gasteiger partial charge in [-0.05, 0) is 32.5 Å². The SMILES string of the molecule is CN1CCC[C@@H]1C(=O)Nc1c(O)c(Cl)cc(Cl)c1Cl. The maximum absolute atomic E-state index is 12.1. The van der Waals surface area contributed by atoms with Crippen LogP contribution in [0.2, 0.25) is 15.1 Å². The van der Waals surface area contributed by atoms with Crippen LogP contribution in [0.1, 0.15) is 12.8 Å². The van der Waals surface area contributed by atoms with Gasteiger partial charge in [0.2, 0.25) is 5.91 Å². The topological polar surface area (TPSA) is 52.6 Å². The van der Waals surface area contributed by atoms with Crippen molar-refractivity contribution in [2.75, 3.05) is 18.9 Å². The van der Waals surface area contributed by atoms with Gasteiger partial charge in [0.25, 0.3) is 0 Å². The van der Waals surface area contributed by atoms with Crippen LogP contribution in [-0.2, 0) is 4.79 Å². The Morgan fingerprint density at radius 1 is 1.42 bits per heavy atom. The number of anilines is 1. The second-order valence-corrected chi connectivity index (χ2v) is 5.70. The van der Waals surface area contributed by atoms with Crippen molar-refractivity contribution in [3.05, 3.63) is 21.1 Å². The van der Waals surface area contributed by atoms with Gasteiger partial charge in [0.1, 0.15) is 5.69 Å². The number of phenols is 1. The zero-order valence-corrected chi connectivity index (χ0v) is 12.5. The van der Waals surface area contributed by atoms with Crippen molar-refractivity contribution in [2.24, 2.45) is 0 Å². The maximum Gasteiger partial charge on any atom is 0.241 e. The molecule has 2 rings (SSSR count). The number of phenolic OH excluding ortho intramolecular Hbond substituents is 1. The molecule has 1 saturated heterocycles. The van der Waals surface area contributed by atoms with Gasteiger partial charge in [-0.1, -0.05) is 34.8 Å². The van der Waals surface area contributed by atoms with Crippen molar-refractivity contribution >= 4 is 46.4 Å². The van der Waals surface area contributed by atoms with E-state index in [1.165, 1.54) is 6.07 Å². The van der Waals surface area contributed by atoms with E-state index in [4.69, 9.17) is 34.8 Å². The van der Waals surface area contributed by atoms with Gasteiger partial charge < -0.3 is 10.4 Å². The van der Waals surface area contributed by atoms with E-state index in [9.17, 15) is 9.90 Å². The minimum atomic E-state index is -0.273. The quantitative estimate of drug-likeness (QED) is 0.648. The zero-order valence-electron chi connectivity index (χ0n) is 10.2. The molecular formula is C12H13Cl3N2O2. The van der Waals surface area contributed by atoms with Gasteiger partial charge in [-0.2, -0.15) is 0 Å². The van der Waals surface area contributed by atoms with Gasteiger partial charge >= 0.3 is 0 Å². The molecule has 2 N–H and O–H groups in total. The molecule has 0 unspecified atom stereocenters. The van der Waals surface area contributed by atoms with Crippen LogP contribution in [0.4, 0.5) is 5.69 Å². The van der Waals surface area contributed by atoms with Gasteiger partial charge in [-0.15, -0.1) is 0 Å². The van der Waals surface area contributed by atoms with Gasteiger partial charge in [0, 0.05) is 0 Å². The van der Waals surface area contributed by atoms with Gasteiger partial charge in [-0.25, -0.2) is 0 Å². The Bertz CT molecular complexity index is 496. The highest BCUT2D eigenvalue weighted by Crippen LogP contribution is 2.42. The van der Waals surface area contributed by atoms with Crippen molar-refractivity contribution in [3.8, 4) is 5.75 Å². The summed E-state index contributed by atoms with van der Waals surface area (Å²) in [6.07, 6.45) is 1.74. The van der Waals surface area contributed by atoms with Crippen LogP contribution in [0.15, 0.2) is 6.07 Å². The summed E-state index contributed by atoms with van der Waals surface area (Å²) >= 11 is 17.7. The number of carbonyl (C=O) groups excluding carboxylic acids is 1. The number of halogens is 3. The zero-order chi connectivity index (χ0) is 14.2. The van der Waals surface area contributed by atoms with Crippen molar-refractivity contribution in [2.45, 2.75) is 18.9 Å². The molecule has 0 radical (unpaired) electrons. The molecule has 4 nitrogen and oxygen atoms in total. The van der Waals surface area contributed by atoms with Crippen molar-refractivity contribution in [1.29, 1.82) is 0 Å². The highest BCUT2D eigenvalue weighted by atomic mass is 35.5. The summed E-state index contributed by atoms with van der Waals surface area (Å²) in [7, 11) is 1.88. The van der Waals surface area contributed by atoms with Crippen LogP contribution in [0.5, 0.6) is 5.75 Å². The summed E-state index contributed by atoms with van der Waals surface area (Å²) < 4.78 is 0. The molecule has 0 aromatic heterocycles.